The Morgan fingerprint density at radius 1 is 1.40 bits per heavy atom. The molecule has 1 N–H and O–H groups in total. The molecule has 1 saturated carbocycles. The molecule has 2 rings (SSSR count). The largest absolute Gasteiger partial charge is 0.390 e. The lowest BCUT2D eigenvalue weighted by molar-refractivity contribution is -0.143. The van der Waals surface area contributed by atoms with Gasteiger partial charge in [-0.15, -0.1) is 0 Å². The van der Waals surface area contributed by atoms with E-state index in [0.717, 1.165) is 42.2 Å². The number of benzene rings is 1. The molecule has 1 aromatic carbocycles. The van der Waals surface area contributed by atoms with Crippen molar-refractivity contribution in [3.05, 3.63) is 34.9 Å². The summed E-state index contributed by atoms with van der Waals surface area (Å²) in [5, 5.41) is 11.4. The van der Waals surface area contributed by atoms with Gasteiger partial charge in [0.2, 0.25) is 0 Å². The second-order valence-electron chi connectivity index (χ2n) is 6.03. The molecular weight excluding hydrogens is 272 g/mol. The van der Waals surface area contributed by atoms with E-state index >= 15 is 0 Å². The zero-order valence-electron chi connectivity index (χ0n) is 12.4. The predicted molar refractivity (Wildman–Crippen MR) is 83.2 cm³/mol. The molecule has 0 aromatic heterocycles. The summed E-state index contributed by atoms with van der Waals surface area (Å²) in [6.07, 6.45) is 4.30. The van der Waals surface area contributed by atoms with Crippen molar-refractivity contribution in [2.45, 2.75) is 57.7 Å². The van der Waals surface area contributed by atoms with Crippen LogP contribution in [0.25, 0.3) is 0 Å². The Morgan fingerprint density at radius 3 is 2.70 bits per heavy atom. The van der Waals surface area contributed by atoms with Gasteiger partial charge >= 0.3 is 0 Å². The topological polar surface area (TPSA) is 29.5 Å². The molecule has 0 saturated heterocycles. The van der Waals surface area contributed by atoms with Crippen LogP contribution in [-0.4, -0.2) is 23.4 Å². The maximum Gasteiger partial charge on any atom is 0.0943 e. The Morgan fingerprint density at radius 2 is 2.10 bits per heavy atom. The molecular formula is C17H25ClO2. The SMILES string of the molecule is CCOC1(C(O)Cc2cccc(Cl)c2)CCC(C)CC1. The summed E-state index contributed by atoms with van der Waals surface area (Å²) in [5.41, 5.74) is 0.700. The van der Waals surface area contributed by atoms with E-state index in [1.807, 2.05) is 31.2 Å². The van der Waals surface area contributed by atoms with E-state index < -0.39 is 6.10 Å². The first-order chi connectivity index (χ1) is 9.55. The molecule has 1 unspecified atom stereocenters. The van der Waals surface area contributed by atoms with E-state index in [1.54, 1.807) is 0 Å². The van der Waals surface area contributed by atoms with Gasteiger partial charge in [-0.25, -0.2) is 0 Å². The van der Waals surface area contributed by atoms with Crippen molar-refractivity contribution in [3.8, 4) is 0 Å². The number of halogens is 1. The van der Waals surface area contributed by atoms with E-state index in [0.29, 0.717) is 13.0 Å². The molecule has 112 valence electrons. The highest BCUT2D eigenvalue weighted by Crippen LogP contribution is 2.38. The van der Waals surface area contributed by atoms with E-state index in [2.05, 4.69) is 6.92 Å². The average Bonchev–Trinajstić information content (AvgIpc) is 2.42. The van der Waals surface area contributed by atoms with Crippen LogP contribution in [0.5, 0.6) is 0 Å². The van der Waals surface area contributed by atoms with Crippen LogP contribution in [-0.2, 0) is 11.2 Å². The fraction of sp³-hybridized carbons (Fsp3) is 0.647. The number of rotatable bonds is 5. The van der Waals surface area contributed by atoms with Crippen LogP contribution in [0.15, 0.2) is 24.3 Å². The molecule has 0 bridgehead atoms. The Bertz CT molecular complexity index is 425. The second-order valence-corrected chi connectivity index (χ2v) is 6.47. The van der Waals surface area contributed by atoms with E-state index in [9.17, 15) is 5.11 Å². The lowest BCUT2D eigenvalue weighted by Crippen LogP contribution is -2.48. The third kappa shape index (κ3) is 3.75. The maximum atomic E-state index is 10.7. The van der Waals surface area contributed by atoms with Crippen molar-refractivity contribution in [1.82, 2.24) is 0 Å². The molecule has 0 aliphatic heterocycles. The summed E-state index contributed by atoms with van der Waals surface area (Å²) in [6.45, 7) is 4.94. The van der Waals surface area contributed by atoms with Gasteiger partial charge in [-0.05, 0) is 56.2 Å². The number of hydrogen-bond acceptors (Lipinski definition) is 2. The molecule has 3 heteroatoms. The average molecular weight is 297 g/mol. The second kappa shape index (κ2) is 6.93. The lowest BCUT2D eigenvalue weighted by Gasteiger charge is -2.42. The van der Waals surface area contributed by atoms with Crippen molar-refractivity contribution in [2.24, 2.45) is 5.92 Å². The van der Waals surface area contributed by atoms with Crippen molar-refractivity contribution in [1.29, 1.82) is 0 Å². The third-order valence-electron chi connectivity index (χ3n) is 4.48. The summed E-state index contributed by atoms with van der Waals surface area (Å²) in [5.74, 6) is 0.738. The summed E-state index contributed by atoms with van der Waals surface area (Å²) in [7, 11) is 0. The number of aliphatic hydroxyl groups is 1. The quantitative estimate of drug-likeness (QED) is 0.881. The van der Waals surface area contributed by atoms with Gasteiger partial charge in [0.1, 0.15) is 0 Å². The first-order valence-corrected chi connectivity index (χ1v) is 8.00. The van der Waals surface area contributed by atoms with Crippen LogP contribution < -0.4 is 0 Å². The van der Waals surface area contributed by atoms with Crippen molar-refractivity contribution >= 4 is 11.6 Å². The van der Waals surface area contributed by atoms with Gasteiger partial charge in [0.05, 0.1) is 11.7 Å². The molecule has 0 heterocycles. The monoisotopic (exact) mass is 296 g/mol. The number of ether oxygens (including phenoxy) is 1. The van der Waals surface area contributed by atoms with E-state index in [-0.39, 0.29) is 5.60 Å². The summed E-state index contributed by atoms with van der Waals surface area (Å²) in [4.78, 5) is 0. The first-order valence-electron chi connectivity index (χ1n) is 7.62. The highest BCUT2D eigenvalue weighted by atomic mass is 35.5. The van der Waals surface area contributed by atoms with Gasteiger partial charge in [-0.3, -0.25) is 0 Å². The van der Waals surface area contributed by atoms with Crippen molar-refractivity contribution < 1.29 is 9.84 Å². The third-order valence-corrected chi connectivity index (χ3v) is 4.71. The van der Waals surface area contributed by atoms with Crippen LogP contribution in [0.4, 0.5) is 0 Å². The van der Waals surface area contributed by atoms with Gasteiger partial charge < -0.3 is 9.84 Å². The first kappa shape index (κ1) is 15.8. The standard InChI is InChI=1S/C17H25ClO2/c1-3-20-17(9-7-13(2)8-10-17)16(19)12-14-5-4-6-15(18)11-14/h4-6,11,13,16,19H,3,7-10,12H2,1-2H3. The van der Waals surface area contributed by atoms with Crippen LogP contribution in [0.3, 0.4) is 0 Å². The highest BCUT2D eigenvalue weighted by Gasteiger charge is 2.41. The summed E-state index contributed by atoms with van der Waals surface area (Å²) in [6, 6.07) is 7.73. The molecule has 1 aromatic rings. The molecule has 1 atom stereocenters. The van der Waals surface area contributed by atoms with Crippen molar-refractivity contribution in [3.63, 3.8) is 0 Å². The Hall–Kier alpha value is -0.570. The van der Waals surface area contributed by atoms with Gasteiger partial charge in [0.15, 0.2) is 0 Å². The normalized spacial score (nSPS) is 28.3. The van der Waals surface area contributed by atoms with Gasteiger partial charge in [-0.1, -0.05) is 30.7 Å². The molecule has 0 amide bonds. The molecule has 0 radical (unpaired) electrons. The van der Waals surface area contributed by atoms with Crippen LogP contribution >= 0.6 is 11.6 Å². The molecule has 20 heavy (non-hydrogen) atoms. The summed E-state index contributed by atoms with van der Waals surface area (Å²) < 4.78 is 6.00. The molecule has 1 aliphatic rings. The number of aliphatic hydroxyl groups excluding tert-OH is 1. The fourth-order valence-electron chi connectivity index (χ4n) is 3.19. The van der Waals surface area contributed by atoms with Crippen molar-refractivity contribution in [2.75, 3.05) is 6.61 Å². The minimum absolute atomic E-state index is 0.371. The Kier molecular flexibility index (Phi) is 5.48. The molecule has 0 spiro atoms. The number of hydrogen-bond donors (Lipinski definition) is 1. The minimum Gasteiger partial charge on any atom is -0.390 e. The lowest BCUT2D eigenvalue weighted by atomic mass is 9.75. The Labute approximate surface area is 127 Å². The van der Waals surface area contributed by atoms with Gasteiger partial charge in [0, 0.05) is 18.1 Å². The Balaban J connectivity index is 2.09. The van der Waals surface area contributed by atoms with Crippen LogP contribution in [0.1, 0.15) is 45.1 Å². The zero-order chi connectivity index (χ0) is 14.6. The minimum atomic E-state index is -0.464. The smallest absolute Gasteiger partial charge is 0.0943 e. The van der Waals surface area contributed by atoms with E-state index in [1.165, 1.54) is 0 Å². The maximum absolute atomic E-state index is 10.7. The van der Waals surface area contributed by atoms with Gasteiger partial charge in [0.25, 0.3) is 0 Å². The molecule has 1 aliphatic carbocycles. The van der Waals surface area contributed by atoms with Gasteiger partial charge in [-0.2, -0.15) is 0 Å². The summed E-state index contributed by atoms with van der Waals surface area (Å²) >= 11 is 6.02. The molecule has 1 fully saturated rings. The van der Waals surface area contributed by atoms with E-state index in [4.69, 9.17) is 16.3 Å². The highest BCUT2D eigenvalue weighted by molar-refractivity contribution is 6.30. The zero-order valence-corrected chi connectivity index (χ0v) is 13.2. The fourth-order valence-corrected chi connectivity index (χ4v) is 3.40. The van der Waals surface area contributed by atoms with Crippen LogP contribution in [0.2, 0.25) is 5.02 Å². The van der Waals surface area contributed by atoms with Crippen LogP contribution in [0, 0.1) is 5.92 Å². The predicted octanol–water partition coefficient (Wildman–Crippen LogP) is 4.23. The molecule has 2 nitrogen and oxygen atoms in total.